The highest BCUT2D eigenvalue weighted by molar-refractivity contribution is 5.76. The summed E-state index contributed by atoms with van der Waals surface area (Å²) >= 11 is 0. The number of hydrogen-bond acceptors (Lipinski definition) is 4. The Balaban J connectivity index is 3.46. The molecule has 0 spiro atoms. The molecule has 0 aliphatic rings. The summed E-state index contributed by atoms with van der Waals surface area (Å²) in [5.74, 6) is -0.307. The summed E-state index contributed by atoms with van der Waals surface area (Å²) in [6.45, 7) is 4.26. The minimum absolute atomic E-state index is 0.0197. The molecule has 406 valence electrons. The van der Waals surface area contributed by atoms with Gasteiger partial charge in [0.25, 0.3) is 0 Å². The van der Waals surface area contributed by atoms with Gasteiger partial charge in [0.1, 0.15) is 0 Å². The number of hydrogen-bond donors (Lipinski definition) is 4. The number of aliphatic hydroxyl groups excluding tert-OH is 3. The Labute approximate surface area is 427 Å². The average molecular weight is 961 g/mol. The van der Waals surface area contributed by atoms with Crippen molar-refractivity contribution in [3.8, 4) is 0 Å². The topological polar surface area (TPSA) is 89.8 Å². The molecule has 0 heterocycles. The van der Waals surface area contributed by atoms with Crippen LogP contribution in [0, 0.1) is 0 Å². The van der Waals surface area contributed by atoms with Crippen molar-refractivity contribution < 1.29 is 20.1 Å². The Bertz CT molecular complexity index is 971. The molecule has 68 heavy (non-hydrogen) atoms. The molecular weight excluding hydrogens is 835 g/mol. The van der Waals surface area contributed by atoms with Gasteiger partial charge in [0.05, 0.1) is 31.3 Å². The van der Waals surface area contributed by atoms with Gasteiger partial charge in [0.15, 0.2) is 0 Å². The van der Waals surface area contributed by atoms with Crippen LogP contribution in [-0.4, -0.2) is 46.1 Å². The molecule has 0 aliphatic heterocycles. The third-order valence-electron chi connectivity index (χ3n) is 15.1. The van der Waals surface area contributed by atoms with Gasteiger partial charge in [0.2, 0.25) is 5.91 Å². The lowest BCUT2D eigenvalue weighted by Gasteiger charge is -2.21. The second-order valence-electron chi connectivity index (χ2n) is 22.0. The van der Waals surface area contributed by atoms with Crippen molar-refractivity contribution in [1.82, 2.24) is 5.32 Å². The Morgan fingerprint density at radius 2 is 0.603 bits per heavy atom. The highest BCUT2D eigenvalue weighted by atomic mass is 16.3. The van der Waals surface area contributed by atoms with Crippen molar-refractivity contribution in [2.75, 3.05) is 6.61 Å². The highest BCUT2D eigenvalue weighted by Crippen LogP contribution is 2.19. The van der Waals surface area contributed by atoms with Crippen LogP contribution in [0.25, 0.3) is 0 Å². The maximum Gasteiger partial charge on any atom is 0.222 e. The summed E-state index contributed by atoms with van der Waals surface area (Å²) in [5.41, 5.74) is 0. The monoisotopic (exact) mass is 960 g/mol. The first-order chi connectivity index (χ1) is 33.5. The molecule has 0 saturated heterocycles. The molecule has 3 atom stereocenters. The molecule has 0 aromatic heterocycles. The molecule has 4 N–H and O–H groups in total. The molecule has 0 aromatic rings. The first-order valence-electron chi connectivity index (χ1n) is 31.5. The van der Waals surface area contributed by atoms with Gasteiger partial charge in [-0.2, -0.15) is 0 Å². The van der Waals surface area contributed by atoms with Crippen molar-refractivity contribution in [2.45, 2.75) is 379 Å². The molecule has 0 aromatic carbocycles. The lowest BCUT2D eigenvalue weighted by molar-refractivity contribution is -0.124. The fraction of sp³-hybridized carbons (Fsp3) is 0.952. The molecule has 5 heteroatoms. The number of allylic oxidation sites excluding steroid dienone is 1. The molecule has 3 unspecified atom stereocenters. The number of aliphatic hydroxyl groups is 3. The second-order valence-corrected chi connectivity index (χ2v) is 22.0. The van der Waals surface area contributed by atoms with Crippen molar-refractivity contribution in [3.63, 3.8) is 0 Å². The van der Waals surface area contributed by atoms with E-state index in [4.69, 9.17) is 0 Å². The maximum absolute atomic E-state index is 12.5. The maximum atomic E-state index is 12.5. The van der Waals surface area contributed by atoms with Gasteiger partial charge in [-0.15, -0.1) is 0 Å². The summed E-state index contributed by atoms with van der Waals surface area (Å²) < 4.78 is 0. The summed E-state index contributed by atoms with van der Waals surface area (Å²) in [5, 5.41) is 33.5. The van der Waals surface area contributed by atoms with Gasteiger partial charge < -0.3 is 20.6 Å². The highest BCUT2D eigenvalue weighted by Gasteiger charge is 2.20. The molecule has 0 bridgehead atoms. The van der Waals surface area contributed by atoms with Gasteiger partial charge in [0, 0.05) is 0 Å². The van der Waals surface area contributed by atoms with Crippen LogP contribution in [0.1, 0.15) is 361 Å². The quantitative estimate of drug-likeness (QED) is 0.0361. The number of carbonyl (C=O) groups is 1. The van der Waals surface area contributed by atoms with Gasteiger partial charge in [-0.05, 0) is 19.3 Å². The normalized spacial score (nSPS) is 13.2. The van der Waals surface area contributed by atoms with E-state index >= 15 is 0 Å². The Morgan fingerprint density at radius 3 is 0.853 bits per heavy atom. The second kappa shape index (κ2) is 58.7. The zero-order valence-corrected chi connectivity index (χ0v) is 46.5. The van der Waals surface area contributed by atoms with Crippen LogP contribution >= 0.6 is 0 Å². The molecule has 0 radical (unpaired) electrons. The van der Waals surface area contributed by atoms with E-state index in [1.165, 1.54) is 308 Å². The predicted molar refractivity (Wildman–Crippen MR) is 301 cm³/mol. The molecular formula is C63H125NO4. The van der Waals surface area contributed by atoms with Crippen LogP contribution in [0.2, 0.25) is 0 Å². The van der Waals surface area contributed by atoms with Crippen LogP contribution in [0.3, 0.4) is 0 Å². The SMILES string of the molecule is CCCCCCCCCCCCCCCCCCCC/C=C/C(O)C(CO)NC(=O)CC(O)CCCCCCCCCCCCCCCCCCCCCCCCCCCCCCCCCCC. The van der Waals surface area contributed by atoms with Crippen molar-refractivity contribution >= 4 is 5.91 Å². The third-order valence-corrected chi connectivity index (χ3v) is 15.1. The summed E-state index contributed by atoms with van der Waals surface area (Å²) in [6, 6.07) is -0.741. The fourth-order valence-electron chi connectivity index (χ4n) is 10.3. The predicted octanol–water partition coefficient (Wildman–Crippen LogP) is 19.8. The number of rotatable bonds is 59. The smallest absolute Gasteiger partial charge is 0.222 e. The number of nitrogens with one attached hydrogen (secondary N) is 1. The first-order valence-corrected chi connectivity index (χ1v) is 31.5. The summed E-state index contributed by atoms with van der Waals surface area (Å²) in [6.07, 6.45) is 74.4. The molecule has 0 aliphatic carbocycles. The Morgan fingerprint density at radius 1 is 0.368 bits per heavy atom. The van der Waals surface area contributed by atoms with E-state index in [0.717, 1.165) is 25.7 Å². The molecule has 5 nitrogen and oxygen atoms in total. The Kier molecular flexibility index (Phi) is 57.9. The van der Waals surface area contributed by atoms with E-state index in [1.807, 2.05) is 6.08 Å². The van der Waals surface area contributed by atoms with E-state index in [2.05, 4.69) is 19.2 Å². The zero-order valence-electron chi connectivity index (χ0n) is 46.5. The van der Waals surface area contributed by atoms with Crippen LogP contribution in [-0.2, 0) is 4.79 Å². The summed E-state index contributed by atoms with van der Waals surface area (Å²) in [4.78, 5) is 12.5. The van der Waals surface area contributed by atoms with E-state index < -0.39 is 18.2 Å². The number of amides is 1. The molecule has 0 fully saturated rings. The largest absolute Gasteiger partial charge is 0.394 e. The molecule has 0 saturated carbocycles. The van der Waals surface area contributed by atoms with Crippen LogP contribution in [0.15, 0.2) is 12.2 Å². The van der Waals surface area contributed by atoms with E-state index in [0.29, 0.717) is 6.42 Å². The molecule has 1 amide bonds. The third kappa shape index (κ3) is 54.4. The minimum atomic E-state index is -0.926. The fourth-order valence-corrected chi connectivity index (χ4v) is 10.3. The van der Waals surface area contributed by atoms with E-state index in [9.17, 15) is 20.1 Å². The lowest BCUT2D eigenvalue weighted by atomic mass is 10.0. The van der Waals surface area contributed by atoms with Gasteiger partial charge in [-0.1, -0.05) is 347 Å². The van der Waals surface area contributed by atoms with Gasteiger partial charge >= 0.3 is 0 Å². The van der Waals surface area contributed by atoms with Crippen molar-refractivity contribution in [3.05, 3.63) is 12.2 Å². The standard InChI is InChI=1S/C63H125NO4/c1-3-5-7-9-11-13-15-17-19-21-23-25-26-27-28-29-30-31-32-33-34-35-36-37-38-40-42-44-46-48-50-52-54-56-60(66)58-63(68)64-61(59-65)62(67)57-55-53-51-49-47-45-43-41-39-24-22-20-18-16-14-12-10-8-6-4-2/h55,57,60-62,65-67H,3-54,56,58-59H2,1-2H3,(H,64,68)/b57-55+. The van der Waals surface area contributed by atoms with Crippen LogP contribution in [0.4, 0.5) is 0 Å². The summed E-state index contributed by atoms with van der Waals surface area (Å²) in [7, 11) is 0. The average Bonchev–Trinajstić information content (AvgIpc) is 3.33. The first kappa shape index (κ1) is 67.1. The Hall–Kier alpha value is -0.910. The van der Waals surface area contributed by atoms with Crippen molar-refractivity contribution in [2.24, 2.45) is 0 Å². The lowest BCUT2D eigenvalue weighted by Crippen LogP contribution is -2.45. The van der Waals surface area contributed by atoms with Crippen LogP contribution in [0.5, 0.6) is 0 Å². The van der Waals surface area contributed by atoms with Gasteiger partial charge in [-0.25, -0.2) is 0 Å². The van der Waals surface area contributed by atoms with Gasteiger partial charge in [-0.3, -0.25) is 4.79 Å². The van der Waals surface area contributed by atoms with E-state index in [1.54, 1.807) is 6.08 Å². The van der Waals surface area contributed by atoms with E-state index in [-0.39, 0.29) is 18.9 Å². The number of carbonyl (C=O) groups excluding carboxylic acids is 1. The van der Waals surface area contributed by atoms with Crippen LogP contribution < -0.4 is 5.32 Å². The number of unbranched alkanes of at least 4 members (excludes halogenated alkanes) is 50. The minimum Gasteiger partial charge on any atom is -0.394 e. The molecule has 0 rings (SSSR count). The zero-order chi connectivity index (χ0) is 49.3. The van der Waals surface area contributed by atoms with Crippen molar-refractivity contribution in [1.29, 1.82) is 0 Å².